The zero-order valence-corrected chi connectivity index (χ0v) is 24.6. The van der Waals surface area contributed by atoms with Crippen LogP contribution in [0.5, 0.6) is 0 Å². The molecule has 0 unspecified atom stereocenters. The van der Waals surface area contributed by atoms with Gasteiger partial charge >= 0.3 is 5.97 Å². The van der Waals surface area contributed by atoms with Crippen LogP contribution in [0.1, 0.15) is 49.7 Å². The van der Waals surface area contributed by atoms with Crippen LogP contribution >= 0.6 is 0 Å². The Morgan fingerprint density at radius 3 is 2.58 bits per heavy atom. The molecular formula is C31H38F2N4O6. The number of aromatic nitrogens is 1. The number of likely N-dealkylation sites (N-methyl/N-ethyl adjacent to an activating group) is 1. The van der Waals surface area contributed by atoms with Crippen molar-refractivity contribution in [2.75, 3.05) is 32.6 Å². The van der Waals surface area contributed by atoms with Gasteiger partial charge in [0.25, 0.3) is 6.01 Å². The maximum atomic E-state index is 15.7. The van der Waals surface area contributed by atoms with Gasteiger partial charge in [-0.1, -0.05) is 12.1 Å². The molecule has 2 fully saturated rings. The molecule has 1 aliphatic heterocycles. The van der Waals surface area contributed by atoms with Crippen LogP contribution in [0.25, 0.3) is 11.1 Å². The summed E-state index contributed by atoms with van der Waals surface area (Å²) in [4.78, 5) is 36.4. The largest absolute Gasteiger partial charge is 0.481 e. The molecule has 2 heterocycles. The van der Waals surface area contributed by atoms with Crippen LogP contribution < -0.4 is 5.32 Å². The van der Waals surface area contributed by atoms with Crippen LogP contribution in [-0.2, 0) is 25.6 Å². The van der Waals surface area contributed by atoms with Gasteiger partial charge in [-0.15, -0.1) is 0 Å². The van der Waals surface area contributed by atoms with Crippen molar-refractivity contribution >= 4 is 34.7 Å². The van der Waals surface area contributed by atoms with Crippen molar-refractivity contribution in [3.63, 3.8) is 0 Å². The van der Waals surface area contributed by atoms with E-state index in [0.717, 1.165) is 18.4 Å². The highest BCUT2D eigenvalue weighted by atomic mass is 19.1. The number of carbonyl (C=O) groups is 2. The number of halogens is 2. The SMILES string of the molecule is CON(C)C[C@@H]1CC[C@@H](CO[C@H]2CC[C@H](C(=O)O)CC2)N1C(=O)Cc1ccc2nc(Nc3cc(F)ccc3C)oc2c1F. The Hall–Kier alpha value is -3.61. The Morgan fingerprint density at radius 1 is 1.12 bits per heavy atom. The number of hydrogen-bond donors (Lipinski definition) is 2. The summed E-state index contributed by atoms with van der Waals surface area (Å²) in [6.45, 7) is 2.62. The van der Waals surface area contributed by atoms with E-state index in [0.29, 0.717) is 44.5 Å². The standard InChI is InChI=1S/C31H38F2N4O6/c1-18-4-8-21(32)15-26(18)35-31-34-25-13-7-20(28(33)29(25)43-31)14-27(38)37-22(16-36(2)41-3)9-10-23(37)17-42-24-11-5-19(6-12-24)30(39)40/h4,7-8,13,15,19,22-24H,5-6,9-12,14,16-17H2,1-3H3,(H,34,35)(H,39,40)/t19-,22-,23-,24-/m0/s1. The van der Waals surface area contributed by atoms with Gasteiger partial charge in [0.2, 0.25) is 5.91 Å². The van der Waals surface area contributed by atoms with E-state index in [9.17, 15) is 19.1 Å². The first-order valence-electron chi connectivity index (χ1n) is 14.6. The third kappa shape index (κ3) is 7.14. The molecule has 5 rings (SSSR count). The Labute approximate surface area is 248 Å². The number of nitrogens with zero attached hydrogens (tertiary/aromatic N) is 3. The average Bonchev–Trinajstić information content (AvgIpc) is 3.59. The topological polar surface area (TPSA) is 117 Å². The number of carboxylic acid groups (broad SMARTS) is 1. The lowest BCUT2D eigenvalue weighted by atomic mass is 9.87. The summed E-state index contributed by atoms with van der Waals surface area (Å²) < 4.78 is 41.2. The summed E-state index contributed by atoms with van der Waals surface area (Å²) >= 11 is 0. The third-order valence-electron chi connectivity index (χ3n) is 8.60. The lowest BCUT2D eigenvalue weighted by molar-refractivity contribution is -0.146. The summed E-state index contributed by atoms with van der Waals surface area (Å²) in [6.07, 6.45) is 3.76. The molecule has 1 saturated heterocycles. The number of carbonyl (C=O) groups excluding carboxylic acids is 1. The first-order valence-corrected chi connectivity index (χ1v) is 14.6. The first kappa shape index (κ1) is 30.8. The minimum Gasteiger partial charge on any atom is -0.481 e. The quantitative estimate of drug-likeness (QED) is 0.286. The fourth-order valence-corrected chi connectivity index (χ4v) is 6.10. The zero-order chi connectivity index (χ0) is 30.7. The van der Waals surface area contributed by atoms with Crippen LogP contribution in [0.2, 0.25) is 0 Å². The molecule has 43 heavy (non-hydrogen) atoms. The predicted molar refractivity (Wildman–Crippen MR) is 155 cm³/mol. The summed E-state index contributed by atoms with van der Waals surface area (Å²) in [5, 5.41) is 13.8. The van der Waals surface area contributed by atoms with Gasteiger partial charge in [0, 0.05) is 30.9 Å². The summed E-state index contributed by atoms with van der Waals surface area (Å²) in [6, 6.07) is 7.08. The van der Waals surface area contributed by atoms with Gasteiger partial charge in [-0.05, 0) is 69.2 Å². The fraction of sp³-hybridized carbons (Fsp3) is 0.516. The van der Waals surface area contributed by atoms with E-state index in [-0.39, 0.29) is 59.1 Å². The second kappa shape index (κ2) is 13.4. The minimum absolute atomic E-state index is 0.0166. The molecule has 232 valence electrons. The second-order valence-corrected chi connectivity index (χ2v) is 11.5. The number of hydrogen-bond acceptors (Lipinski definition) is 8. The van der Waals surface area contributed by atoms with Gasteiger partial charge in [0.15, 0.2) is 11.4 Å². The first-order chi connectivity index (χ1) is 20.6. The van der Waals surface area contributed by atoms with Crippen molar-refractivity contribution in [1.29, 1.82) is 0 Å². The number of anilines is 2. The number of nitrogens with one attached hydrogen (secondary N) is 1. The lowest BCUT2D eigenvalue weighted by Gasteiger charge is -2.34. The Bertz CT molecular complexity index is 1460. The highest BCUT2D eigenvalue weighted by Crippen LogP contribution is 2.32. The van der Waals surface area contributed by atoms with Crippen molar-refractivity contribution in [1.82, 2.24) is 14.9 Å². The van der Waals surface area contributed by atoms with Crippen molar-refractivity contribution < 1.29 is 37.5 Å². The van der Waals surface area contributed by atoms with E-state index in [1.54, 1.807) is 43.2 Å². The molecule has 2 aliphatic rings. The maximum Gasteiger partial charge on any atom is 0.306 e. The lowest BCUT2D eigenvalue weighted by Crippen LogP contribution is -2.48. The van der Waals surface area contributed by atoms with Crippen LogP contribution in [-0.4, -0.2) is 77.4 Å². The summed E-state index contributed by atoms with van der Waals surface area (Å²) in [5.74, 6) is -2.42. The molecular weight excluding hydrogens is 562 g/mol. The fourth-order valence-electron chi connectivity index (χ4n) is 6.10. The summed E-state index contributed by atoms with van der Waals surface area (Å²) in [7, 11) is 3.36. The molecule has 0 radical (unpaired) electrons. The number of fused-ring (bicyclic) bond motifs is 1. The zero-order valence-electron chi connectivity index (χ0n) is 24.6. The molecule has 2 aromatic carbocycles. The highest BCUT2D eigenvalue weighted by Gasteiger charge is 2.38. The van der Waals surface area contributed by atoms with Gasteiger partial charge in [-0.3, -0.25) is 9.59 Å². The number of likely N-dealkylation sites (tertiary alicyclic amines) is 1. The number of ether oxygens (including phenoxy) is 1. The number of carboxylic acids is 1. The molecule has 2 atom stereocenters. The van der Waals surface area contributed by atoms with Crippen LogP contribution in [0.3, 0.4) is 0 Å². The molecule has 1 saturated carbocycles. The third-order valence-corrected chi connectivity index (χ3v) is 8.60. The smallest absolute Gasteiger partial charge is 0.306 e. The number of benzene rings is 2. The van der Waals surface area contributed by atoms with Crippen molar-refractivity contribution in [2.45, 2.75) is 70.1 Å². The van der Waals surface area contributed by atoms with Crippen LogP contribution in [0, 0.1) is 24.5 Å². The molecule has 1 aliphatic carbocycles. The van der Waals surface area contributed by atoms with Gasteiger partial charge in [0.05, 0.1) is 38.2 Å². The van der Waals surface area contributed by atoms with E-state index >= 15 is 4.39 Å². The van der Waals surface area contributed by atoms with E-state index in [4.69, 9.17) is 14.0 Å². The molecule has 12 heteroatoms. The number of aliphatic carboxylic acids is 1. The highest BCUT2D eigenvalue weighted by molar-refractivity contribution is 5.83. The molecule has 2 N–H and O–H groups in total. The van der Waals surface area contributed by atoms with Crippen LogP contribution in [0.4, 0.5) is 20.5 Å². The number of aryl methyl sites for hydroxylation is 1. The van der Waals surface area contributed by atoms with Gasteiger partial charge < -0.3 is 29.3 Å². The van der Waals surface area contributed by atoms with Gasteiger partial charge in [-0.25, -0.2) is 8.78 Å². The number of hydroxylamine groups is 2. The number of oxazole rings is 1. The minimum atomic E-state index is -0.763. The Balaban J connectivity index is 1.29. The Kier molecular flexibility index (Phi) is 9.58. The van der Waals surface area contributed by atoms with E-state index in [1.807, 2.05) is 0 Å². The van der Waals surface area contributed by atoms with E-state index in [2.05, 4.69) is 10.3 Å². The number of amides is 1. The molecule has 1 aromatic heterocycles. The Morgan fingerprint density at radius 2 is 1.86 bits per heavy atom. The molecule has 1 amide bonds. The normalized spacial score (nSPS) is 22.4. The molecule has 0 spiro atoms. The molecule has 0 bridgehead atoms. The second-order valence-electron chi connectivity index (χ2n) is 11.5. The van der Waals surface area contributed by atoms with E-state index in [1.165, 1.54) is 18.2 Å². The maximum absolute atomic E-state index is 15.7. The average molecular weight is 601 g/mol. The van der Waals surface area contributed by atoms with Crippen molar-refractivity contribution in [3.05, 3.63) is 53.1 Å². The van der Waals surface area contributed by atoms with Gasteiger partial charge in [-0.2, -0.15) is 10.0 Å². The van der Waals surface area contributed by atoms with Crippen molar-refractivity contribution in [2.24, 2.45) is 5.92 Å². The summed E-state index contributed by atoms with van der Waals surface area (Å²) in [5.41, 5.74) is 1.58. The molecule has 3 aromatic rings. The molecule has 10 nitrogen and oxygen atoms in total. The predicted octanol–water partition coefficient (Wildman–Crippen LogP) is 5.21. The van der Waals surface area contributed by atoms with Gasteiger partial charge in [0.1, 0.15) is 11.3 Å². The van der Waals surface area contributed by atoms with Crippen LogP contribution in [0.15, 0.2) is 34.7 Å². The van der Waals surface area contributed by atoms with Crippen molar-refractivity contribution in [3.8, 4) is 0 Å². The number of rotatable bonds is 11. The monoisotopic (exact) mass is 600 g/mol. The van der Waals surface area contributed by atoms with E-state index < -0.39 is 17.6 Å².